The molecule has 2 aromatic carbocycles. The lowest BCUT2D eigenvalue weighted by Gasteiger charge is -2.32. The van der Waals surface area contributed by atoms with E-state index in [1.165, 1.54) is 5.56 Å². The highest BCUT2D eigenvalue weighted by Gasteiger charge is 2.20. The van der Waals surface area contributed by atoms with Gasteiger partial charge in [-0.15, -0.1) is 11.8 Å². The molecule has 3 nitrogen and oxygen atoms in total. The molecule has 0 amide bonds. The molecule has 0 aliphatic heterocycles. The molecule has 0 saturated carbocycles. The molecule has 2 aromatic rings. The Morgan fingerprint density at radius 3 is 2.19 bits per heavy atom. The zero-order chi connectivity index (χ0) is 19.5. The summed E-state index contributed by atoms with van der Waals surface area (Å²) in [4.78, 5) is 12.2. The average Bonchev–Trinajstić information content (AvgIpc) is 2.71. The van der Waals surface area contributed by atoms with Crippen molar-refractivity contribution in [3.63, 3.8) is 0 Å². The van der Waals surface area contributed by atoms with Gasteiger partial charge in [0.15, 0.2) is 0 Å². The van der Waals surface area contributed by atoms with Crippen LogP contribution in [0.2, 0.25) is 0 Å². The summed E-state index contributed by atoms with van der Waals surface area (Å²) in [5, 5.41) is 0.174. The summed E-state index contributed by atoms with van der Waals surface area (Å²) in [6.07, 6.45) is 0.327. The lowest BCUT2D eigenvalue weighted by molar-refractivity contribution is -0.903. The van der Waals surface area contributed by atoms with Crippen molar-refractivity contribution < 1.29 is 14.0 Å². The fraction of sp³-hybridized carbons (Fsp3) is 0.435. The molecule has 0 saturated heterocycles. The van der Waals surface area contributed by atoms with Crippen molar-refractivity contribution in [2.75, 3.05) is 39.0 Å². The topological polar surface area (TPSA) is 26.3 Å². The summed E-state index contributed by atoms with van der Waals surface area (Å²) in [5.41, 5.74) is 2.21. The fourth-order valence-electron chi connectivity index (χ4n) is 2.85. The molecule has 4 heteroatoms. The van der Waals surface area contributed by atoms with E-state index in [2.05, 4.69) is 33.0 Å². The van der Waals surface area contributed by atoms with E-state index in [0.29, 0.717) is 13.0 Å². The monoisotopic (exact) mass is 386 g/mol. The van der Waals surface area contributed by atoms with E-state index >= 15 is 0 Å². The zero-order valence-corrected chi connectivity index (χ0v) is 17.6. The summed E-state index contributed by atoms with van der Waals surface area (Å²) in [7, 11) is 2.30. The number of thioether (sulfide) groups is 1. The largest absolute Gasteiger partial charge is 0.464 e. The average molecular weight is 387 g/mol. The molecule has 0 spiro atoms. The van der Waals surface area contributed by atoms with Gasteiger partial charge in [-0.3, -0.25) is 4.79 Å². The molecular formula is C23H32NO2S+. The second kappa shape index (κ2) is 11.2. The summed E-state index contributed by atoms with van der Waals surface area (Å²) < 4.78 is 6.70. The molecule has 0 aliphatic carbocycles. The van der Waals surface area contributed by atoms with Gasteiger partial charge in [-0.25, -0.2) is 0 Å². The zero-order valence-electron chi connectivity index (χ0n) is 16.8. The molecule has 1 atom stereocenters. The number of hydrogen-bond acceptors (Lipinski definition) is 3. The maximum Gasteiger partial charge on any atom is 0.310 e. The second-order valence-corrected chi connectivity index (χ2v) is 8.40. The van der Waals surface area contributed by atoms with Crippen molar-refractivity contribution in [2.45, 2.75) is 25.5 Å². The van der Waals surface area contributed by atoms with Crippen LogP contribution in [0.5, 0.6) is 0 Å². The van der Waals surface area contributed by atoms with Gasteiger partial charge in [0.25, 0.3) is 0 Å². The second-order valence-electron chi connectivity index (χ2n) is 7.09. The highest BCUT2D eigenvalue weighted by molar-refractivity contribution is 7.99. The first-order valence-electron chi connectivity index (χ1n) is 9.76. The van der Waals surface area contributed by atoms with E-state index in [1.807, 2.05) is 60.3 Å². The fourth-order valence-corrected chi connectivity index (χ4v) is 4.19. The third-order valence-electron chi connectivity index (χ3n) is 5.24. The van der Waals surface area contributed by atoms with Gasteiger partial charge in [0, 0.05) is 5.75 Å². The molecule has 0 bridgehead atoms. The Morgan fingerprint density at radius 1 is 1.00 bits per heavy atom. The van der Waals surface area contributed by atoms with Crippen molar-refractivity contribution >= 4 is 17.7 Å². The van der Waals surface area contributed by atoms with E-state index in [-0.39, 0.29) is 11.2 Å². The third kappa shape index (κ3) is 7.39. The quantitative estimate of drug-likeness (QED) is 0.412. The van der Waals surface area contributed by atoms with Crippen LogP contribution in [0.1, 0.15) is 30.2 Å². The van der Waals surface area contributed by atoms with Crippen molar-refractivity contribution in [1.29, 1.82) is 0 Å². The third-order valence-corrected chi connectivity index (χ3v) is 6.46. The van der Waals surface area contributed by atoms with Gasteiger partial charge in [-0.1, -0.05) is 60.7 Å². The number of rotatable bonds is 11. The standard InChI is InChI=1S/C23H32NO2S/c1-4-24(3,5-2)16-17-27-22(21-14-10-7-11-15-21)19-26-23(25)18-20-12-8-6-9-13-20/h6-15,22H,4-5,16-19H2,1-3H3/q+1/t22-/m0/s1. The van der Waals surface area contributed by atoms with E-state index in [0.717, 1.165) is 35.4 Å². The predicted octanol–water partition coefficient (Wildman–Crippen LogP) is 4.73. The van der Waals surface area contributed by atoms with Crippen LogP contribution in [-0.2, 0) is 16.0 Å². The molecule has 2 rings (SSSR count). The molecule has 0 aliphatic rings. The number of quaternary nitrogens is 1. The van der Waals surface area contributed by atoms with Crippen molar-refractivity contribution in [3.8, 4) is 0 Å². The summed E-state index contributed by atoms with van der Waals surface area (Å²) in [5.74, 6) is 0.888. The highest BCUT2D eigenvalue weighted by atomic mass is 32.2. The molecule has 0 radical (unpaired) electrons. The summed E-state index contributed by atoms with van der Waals surface area (Å²) in [6.45, 7) is 8.31. The Labute approximate surface area is 168 Å². The Kier molecular flexibility index (Phi) is 8.89. The van der Waals surface area contributed by atoms with Crippen molar-refractivity contribution in [3.05, 3.63) is 71.8 Å². The Balaban J connectivity index is 1.91. The van der Waals surface area contributed by atoms with Crippen LogP contribution in [0.25, 0.3) is 0 Å². The van der Waals surface area contributed by atoms with Crippen LogP contribution < -0.4 is 0 Å². The molecule has 0 unspecified atom stereocenters. The first-order chi connectivity index (χ1) is 13.1. The van der Waals surface area contributed by atoms with Gasteiger partial charge in [0.05, 0.1) is 38.4 Å². The Morgan fingerprint density at radius 2 is 1.59 bits per heavy atom. The number of benzene rings is 2. The number of esters is 1. The first kappa shape index (κ1) is 21.5. The normalized spacial score (nSPS) is 12.6. The number of carbonyl (C=O) groups is 1. The maximum absolute atomic E-state index is 12.2. The molecule has 27 heavy (non-hydrogen) atoms. The minimum absolute atomic E-state index is 0.162. The number of hydrogen-bond donors (Lipinski definition) is 0. The lowest BCUT2D eigenvalue weighted by atomic mass is 10.1. The van der Waals surface area contributed by atoms with E-state index < -0.39 is 0 Å². The van der Waals surface area contributed by atoms with Gasteiger partial charge in [-0.05, 0) is 25.0 Å². The number of carbonyl (C=O) groups excluding carboxylic acids is 1. The van der Waals surface area contributed by atoms with Crippen LogP contribution >= 0.6 is 11.8 Å². The van der Waals surface area contributed by atoms with Crippen molar-refractivity contribution in [2.24, 2.45) is 0 Å². The van der Waals surface area contributed by atoms with Gasteiger partial charge >= 0.3 is 5.97 Å². The van der Waals surface area contributed by atoms with Gasteiger partial charge in [-0.2, -0.15) is 0 Å². The summed E-state index contributed by atoms with van der Waals surface area (Å²) >= 11 is 1.89. The molecule has 0 N–H and O–H groups in total. The van der Waals surface area contributed by atoms with Crippen LogP contribution in [0.4, 0.5) is 0 Å². The van der Waals surface area contributed by atoms with E-state index in [1.54, 1.807) is 0 Å². The smallest absolute Gasteiger partial charge is 0.310 e. The minimum Gasteiger partial charge on any atom is -0.464 e. The van der Waals surface area contributed by atoms with Gasteiger partial charge in [0.2, 0.25) is 0 Å². The predicted molar refractivity (Wildman–Crippen MR) is 115 cm³/mol. The van der Waals surface area contributed by atoms with Gasteiger partial charge in [0.1, 0.15) is 6.61 Å². The lowest BCUT2D eigenvalue weighted by Crippen LogP contribution is -2.45. The van der Waals surface area contributed by atoms with Crippen LogP contribution in [-0.4, -0.2) is 49.5 Å². The summed E-state index contributed by atoms with van der Waals surface area (Å²) in [6, 6.07) is 20.1. The minimum atomic E-state index is -0.162. The SMILES string of the molecule is CC[N+](C)(CC)CCS[C@@H](COC(=O)Cc1ccccc1)c1ccccc1. The molecule has 146 valence electrons. The van der Waals surface area contributed by atoms with Crippen LogP contribution in [0, 0.1) is 0 Å². The number of nitrogens with zero attached hydrogens (tertiary/aromatic N) is 1. The van der Waals surface area contributed by atoms with Gasteiger partial charge < -0.3 is 9.22 Å². The molecule has 0 heterocycles. The van der Waals surface area contributed by atoms with Crippen molar-refractivity contribution in [1.82, 2.24) is 0 Å². The van der Waals surface area contributed by atoms with Crippen LogP contribution in [0.15, 0.2) is 60.7 Å². The molecule has 0 fully saturated rings. The molecule has 0 aromatic heterocycles. The van der Waals surface area contributed by atoms with E-state index in [9.17, 15) is 4.79 Å². The first-order valence-corrected chi connectivity index (χ1v) is 10.8. The Hall–Kier alpha value is -1.78. The molecular weight excluding hydrogens is 354 g/mol. The maximum atomic E-state index is 12.2. The van der Waals surface area contributed by atoms with E-state index in [4.69, 9.17) is 4.74 Å². The number of ether oxygens (including phenoxy) is 1. The highest BCUT2D eigenvalue weighted by Crippen LogP contribution is 2.29. The van der Waals surface area contributed by atoms with Crippen LogP contribution in [0.3, 0.4) is 0 Å². The Bertz CT molecular complexity index is 671.